The van der Waals surface area contributed by atoms with Gasteiger partial charge in [-0.25, -0.2) is 9.75 Å². The third-order valence-corrected chi connectivity index (χ3v) is 6.60. The average Bonchev–Trinajstić information content (AvgIpc) is 3.37. The molecule has 1 fully saturated rings. The maximum absolute atomic E-state index is 13.4. The Kier molecular flexibility index (Phi) is 5.25. The number of aryl methyl sites for hydroxylation is 3. The highest BCUT2D eigenvalue weighted by Gasteiger charge is 2.33. The second-order valence-corrected chi connectivity index (χ2v) is 9.08. The number of hydrogen-bond acceptors (Lipinski definition) is 7. The van der Waals surface area contributed by atoms with Crippen molar-refractivity contribution in [3.63, 3.8) is 0 Å². The first-order valence-corrected chi connectivity index (χ1v) is 10.7. The molecule has 0 aliphatic carbocycles. The number of amides is 1. The number of thiophene rings is 1. The predicted octanol–water partition coefficient (Wildman–Crippen LogP) is 1.80. The molecule has 1 atom stereocenters. The van der Waals surface area contributed by atoms with Gasteiger partial charge >= 0.3 is 0 Å². The molecule has 9 nitrogen and oxygen atoms in total. The molecule has 1 aliphatic rings. The van der Waals surface area contributed by atoms with Gasteiger partial charge in [-0.3, -0.25) is 19.5 Å². The summed E-state index contributed by atoms with van der Waals surface area (Å²) < 4.78 is 2.02. The first kappa shape index (κ1) is 20.7. The number of fused-ring (bicyclic) bond motifs is 1. The molecule has 0 saturated carbocycles. The van der Waals surface area contributed by atoms with Crippen molar-refractivity contribution in [2.75, 3.05) is 13.2 Å². The summed E-state index contributed by atoms with van der Waals surface area (Å²) in [5.41, 5.74) is 3.56. The van der Waals surface area contributed by atoms with Crippen LogP contribution in [-0.4, -0.2) is 55.3 Å². The number of carbonyl (C=O) groups excluding carboxylic acids is 1. The summed E-state index contributed by atoms with van der Waals surface area (Å²) >= 11 is 1.42. The molecular weight excluding hydrogens is 406 g/mol. The number of carbonyl (C=O) groups is 1. The van der Waals surface area contributed by atoms with Crippen molar-refractivity contribution in [1.82, 2.24) is 25.0 Å². The molecule has 4 rings (SSSR count). The molecule has 10 heteroatoms. The Morgan fingerprint density at radius 1 is 1.40 bits per heavy atom. The number of β-amino-alcohol motifs (C(OH)–C–C–N with tert-alkyl or cyclic N) is 1. The first-order chi connectivity index (χ1) is 14.2. The van der Waals surface area contributed by atoms with E-state index in [0.29, 0.717) is 17.4 Å². The molecule has 2 N–H and O–H groups in total. The summed E-state index contributed by atoms with van der Waals surface area (Å²) in [5, 5.41) is 23.0. The van der Waals surface area contributed by atoms with Gasteiger partial charge in [0.25, 0.3) is 11.5 Å². The Balaban J connectivity index is 1.97. The standard InChI is InChI=1S/C20H25N5O4S/c1-9(2)17-18-16(19(27)24(5)23-17)15(20(28)25-7-12(26)8-29-25)14(30-18)6-13-10(3)21-22-11(13)4/h9,12,26H,6-8H2,1-5H3,(H,21,22)/t12-/m0/s1. The fourth-order valence-corrected chi connectivity index (χ4v) is 5.17. The molecular formula is C20H25N5O4S. The van der Waals surface area contributed by atoms with E-state index in [-0.39, 0.29) is 24.6 Å². The summed E-state index contributed by atoms with van der Waals surface area (Å²) in [6.45, 7) is 7.99. The number of aliphatic hydroxyl groups is 1. The SMILES string of the molecule is Cc1n[nH]c(C)c1Cc1sc2c(C(C)C)nn(C)c(=O)c2c1C(=O)N1C[C@H](O)CO1. The topological polar surface area (TPSA) is 113 Å². The van der Waals surface area contributed by atoms with Gasteiger partial charge in [0.2, 0.25) is 0 Å². The molecule has 160 valence electrons. The van der Waals surface area contributed by atoms with Crippen LogP contribution < -0.4 is 5.56 Å². The van der Waals surface area contributed by atoms with Crippen LogP contribution in [0.1, 0.15) is 57.6 Å². The van der Waals surface area contributed by atoms with Crippen LogP contribution in [-0.2, 0) is 18.3 Å². The van der Waals surface area contributed by atoms with E-state index >= 15 is 0 Å². The van der Waals surface area contributed by atoms with Crippen molar-refractivity contribution in [3.05, 3.63) is 43.4 Å². The minimum atomic E-state index is -0.739. The van der Waals surface area contributed by atoms with Crippen LogP contribution in [0.5, 0.6) is 0 Å². The number of nitrogens with zero attached hydrogens (tertiary/aromatic N) is 4. The third-order valence-electron chi connectivity index (χ3n) is 5.38. The second kappa shape index (κ2) is 7.60. The summed E-state index contributed by atoms with van der Waals surface area (Å²) in [5.74, 6) is -0.333. The van der Waals surface area contributed by atoms with E-state index in [2.05, 4.69) is 15.3 Å². The molecule has 1 amide bonds. The average molecular weight is 432 g/mol. The Morgan fingerprint density at radius 2 is 2.13 bits per heavy atom. The van der Waals surface area contributed by atoms with Gasteiger partial charge in [0.1, 0.15) is 12.7 Å². The Hall–Kier alpha value is -2.56. The number of hydroxylamine groups is 2. The molecule has 0 radical (unpaired) electrons. The van der Waals surface area contributed by atoms with Crippen molar-refractivity contribution in [3.8, 4) is 0 Å². The minimum absolute atomic E-state index is 0.0555. The van der Waals surface area contributed by atoms with Crippen LogP contribution >= 0.6 is 11.3 Å². The third kappa shape index (κ3) is 3.34. The van der Waals surface area contributed by atoms with E-state index in [4.69, 9.17) is 4.84 Å². The van der Waals surface area contributed by atoms with Crippen molar-refractivity contribution in [2.24, 2.45) is 7.05 Å². The van der Waals surface area contributed by atoms with Crippen LogP contribution in [0.2, 0.25) is 0 Å². The lowest BCUT2D eigenvalue weighted by molar-refractivity contribution is -0.0778. The zero-order chi connectivity index (χ0) is 21.7. The van der Waals surface area contributed by atoms with Gasteiger partial charge in [-0.2, -0.15) is 10.2 Å². The van der Waals surface area contributed by atoms with Gasteiger partial charge in [0.15, 0.2) is 0 Å². The highest BCUT2D eigenvalue weighted by atomic mass is 32.1. The number of rotatable bonds is 4. The molecule has 30 heavy (non-hydrogen) atoms. The number of hydrogen-bond donors (Lipinski definition) is 2. The first-order valence-electron chi connectivity index (χ1n) is 9.84. The number of aromatic nitrogens is 4. The van der Waals surface area contributed by atoms with Gasteiger partial charge in [-0.1, -0.05) is 13.8 Å². The smallest absolute Gasteiger partial charge is 0.279 e. The Labute approximate surface area is 177 Å². The quantitative estimate of drug-likeness (QED) is 0.651. The van der Waals surface area contributed by atoms with Gasteiger partial charge in [-0.15, -0.1) is 11.3 Å². The van der Waals surface area contributed by atoms with Gasteiger partial charge in [-0.05, 0) is 19.8 Å². The molecule has 3 aromatic heterocycles. The largest absolute Gasteiger partial charge is 0.389 e. The van der Waals surface area contributed by atoms with Gasteiger partial charge < -0.3 is 5.11 Å². The minimum Gasteiger partial charge on any atom is -0.389 e. The Bertz CT molecular complexity index is 1170. The lowest BCUT2D eigenvalue weighted by atomic mass is 10.0. The van der Waals surface area contributed by atoms with E-state index in [0.717, 1.165) is 37.3 Å². The summed E-state index contributed by atoms with van der Waals surface area (Å²) in [7, 11) is 1.60. The normalized spacial score (nSPS) is 16.9. The molecule has 1 aliphatic heterocycles. The molecule has 0 bridgehead atoms. The molecule has 0 unspecified atom stereocenters. The van der Waals surface area contributed by atoms with Crippen LogP contribution in [0.25, 0.3) is 10.1 Å². The van der Waals surface area contributed by atoms with Crippen molar-refractivity contribution < 1.29 is 14.7 Å². The molecule has 0 spiro atoms. The van der Waals surface area contributed by atoms with Gasteiger partial charge in [0, 0.05) is 29.6 Å². The lowest BCUT2D eigenvalue weighted by Crippen LogP contribution is -2.31. The second-order valence-electron chi connectivity index (χ2n) is 7.98. The monoisotopic (exact) mass is 431 g/mol. The number of H-pyrrole nitrogens is 1. The summed E-state index contributed by atoms with van der Waals surface area (Å²) in [4.78, 5) is 32.7. The van der Waals surface area contributed by atoms with Crippen LogP contribution in [0.3, 0.4) is 0 Å². The van der Waals surface area contributed by atoms with E-state index in [1.807, 2.05) is 27.7 Å². The van der Waals surface area contributed by atoms with E-state index in [9.17, 15) is 14.7 Å². The van der Waals surface area contributed by atoms with Crippen molar-refractivity contribution in [2.45, 2.75) is 46.1 Å². The predicted molar refractivity (Wildman–Crippen MR) is 113 cm³/mol. The summed E-state index contributed by atoms with van der Waals surface area (Å²) in [6.07, 6.45) is -0.275. The molecule has 1 saturated heterocycles. The van der Waals surface area contributed by atoms with Gasteiger partial charge in [0.05, 0.1) is 33.6 Å². The Morgan fingerprint density at radius 3 is 2.70 bits per heavy atom. The summed E-state index contributed by atoms with van der Waals surface area (Å²) in [6, 6.07) is 0. The molecule has 0 aromatic carbocycles. The van der Waals surface area contributed by atoms with Crippen LogP contribution in [0, 0.1) is 13.8 Å². The molecule has 4 heterocycles. The maximum atomic E-state index is 13.4. The number of aromatic amines is 1. The van der Waals surface area contributed by atoms with Crippen molar-refractivity contribution in [1.29, 1.82) is 0 Å². The van der Waals surface area contributed by atoms with Crippen molar-refractivity contribution >= 4 is 27.3 Å². The highest BCUT2D eigenvalue weighted by Crippen LogP contribution is 2.36. The zero-order valence-corrected chi connectivity index (χ0v) is 18.5. The fraction of sp³-hybridized carbons (Fsp3) is 0.500. The van der Waals surface area contributed by atoms with Crippen LogP contribution in [0.15, 0.2) is 4.79 Å². The number of aliphatic hydroxyl groups excluding tert-OH is 1. The van der Waals surface area contributed by atoms with E-state index < -0.39 is 12.0 Å². The maximum Gasteiger partial charge on any atom is 0.279 e. The van der Waals surface area contributed by atoms with Crippen LogP contribution in [0.4, 0.5) is 0 Å². The zero-order valence-electron chi connectivity index (χ0n) is 17.6. The van der Waals surface area contributed by atoms with E-state index in [1.54, 1.807) is 7.05 Å². The number of nitrogens with one attached hydrogen (secondary N) is 1. The lowest BCUT2D eigenvalue weighted by Gasteiger charge is -2.15. The fourth-order valence-electron chi connectivity index (χ4n) is 3.74. The van der Waals surface area contributed by atoms with E-state index in [1.165, 1.54) is 16.0 Å². The highest BCUT2D eigenvalue weighted by molar-refractivity contribution is 7.19. The molecule has 3 aromatic rings.